The predicted octanol–water partition coefficient (Wildman–Crippen LogP) is 1.36. The Bertz CT molecular complexity index is 254. The molecular weight excluding hydrogens is 166 g/mol. The smallest absolute Gasteiger partial charge is 0.332 e. The Hall–Kier alpha value is -1.06. The van der Waals surface area contributed by atoms with Crippen molar-refractivity contribution in [3.8, 4) is 0 Å². The second kappa shape index (κ2) is 3.01. The Kier molecular flexibility index (Phi) is 1.98. The molecule has 0 aliphatic heterocycles. The van der Waals surface area contributed by atoms with E-state index in [1.165, 1.54) is 32.1 Å². The molecule has 1 spiro atoms. The number of hydrazone groups is 1. The van der Waals surface area contributed by atoms with Crippen LogP contribution in [0.4, 0.5) is 4.79 Å². The van der Waals surface area contributed by atoms with E-state index < -0.39 is 6.03 Å². The molecule has 0 atom stereocenters. The Morgan fingerprint density at radius 2 is 2.08 bits per heavy atom. The van der Waals surface area contributed by atoms with Gasteiger partial charge in [0.1, 0.15) is 0 Å². The largest absolute Gasteiger partial charge is 0.350 e. The number of carbonyl (C=O) groups excluding carboxylic acids is 1. The molecule has 0 aromatic rings. The number of nitrogens with two attached hydrogens (primary N) is 1. The van der Waals surface area contributed by atoms with Crippen LogP contribution in [0.25, 0.3) is 0 Å². The molecule has 0 aromatic heterocycles. The quantitative estimate of drug-likeness (QED) is 0.589. The Morgan fingerprint density at radius 1 is 1.38 bits per heavy atom. The molecule has 2 saturated carbocycles. The van der Waals surface area contributed by atoms with Crippen LogP contribution in [0.5, 0.6) is 0 Å². The van der Waals surface area contributed by atoms with Crippen molar-refractivity contribution in [3.63, 3.8) is 0 Å². The molecular formula is C9H15N3O. The van der Waals surface area contributed by atoms with Gasteiger partial charge in [0, 0.05) is 11.1 Å². The molecule has 0 bridgehead atoms. The van der Waals surface area contributed by atoms with Gasteiger partial charge in [-0.05, 0) is 19.3 Å². The monoisotopic (exact) mass is 181 g/mol. The van der Waals surface area contributed by atoms with Gasteiger partial charge in [0.25, 0.3) is 0 Å². The van der Waals surface area contributed by atoms with E-state index in [1.807, 2.05) is 0 Å². The second-order valence-electron chi connectivity index (χ2n) is 4.05. The summed E-state index contributed by atoms with van der Waals surface area (Å²) in [6.45, 7) is 0. The third-order valence-electron chi connectivity index (χ3n) is 3.10. The van der Waals surface area contributed by atoms with Crippen molar-refractivity contribution in [1.29, 1.82) is 0 Å². The number of rotatable bonds is 1. The third kappa shape index (κ3) is 1.66. The summed E-state index contributed by atoms with van der Waals surface area (Å²) in [7, 11) is 0. The molecule has 2 fully saturated rings. The number of carbonyl (C=O) groups is 1. The number of nitrogens with zero attached hydrogens (tertiary/aromatic N) is 1. The fourth-order valence-corrected chi connectivity index (χ4v) is 2.25. The van der Waals surface area contributed by atoms with Crippen molar-refractivity contribution >= 4 is 11.7 Å². The van der Waals surface area contributed by atoms with Gasteiger partial charge in [-0.15, -0.1) is 0 Å². The lowest BCUT2D eigenvalue weighted by Gasteiger charge is -2.18. The number of amides is 2. The summed E-state index contributed by atoms with van der Waals surface area (Å²) in [4.78, 5) is 10.4. The summed E-state index contributed by atoms with van der Waals surface area (Å²) in [6, 6.07) is -0.564. The van der Waals surface area contributed by atoms with Crippen LogP contribution in [0, 0.1) is 5.41 Å². The van der Waals surface area contributed by atoms with E-state index in [-0.39, 0.29) is 0 Å². The van der Waals surface area contributed by atoms with Gasteiger partial charge in [0.15, 0.2) is 0 Å². The van der Waals surface area contributed by atoms with E-state index in [4.69, 9.17) is 5.73 Å². The number of hydrogen-bond acceptors (Lipinski definition) is 2. The highest BCUT2D eigenvalue weighted by atomic mass is 16.2. The van der Waals surface area contributed by atoms with Crippen LogP contribution in [0.2, 0.25) is 0 Å². The van der Waals surface area contributed by atoms with E-state index in [2.05, 4.69) is 10.5 Å². The number of hydrogen-bond donors (Lipinski definition) is 2. The summed E-state index contributed by atoms with van der Waals surface area (Å²) < 4.78 is 0. The molecule has 0 aromatic carbocycles. The zero-order valence-corrected chi connectivity index (χ0v) is 7.68. The maximum Gasteiger partial charge on any atom is 0.332 e. The zero-order chi connectivity index (χ0) is 9.31. The Balaban J connectivity index is 1.92. The van der Waals surface area contributed by atoms with Gasteiger partial charge in [-0.1, -0.05) is 19.3 Å². The third-order valence-corrected chi connectivity index (χ3v) is 3.10. The highest BCUT2D eigenvalue weighted by Gasteiger charge is 2.50. The first-order valence-electron chi connectivity index (χ1n) is 4.85. The second-order valence-corrected chi connectivity index (χ2v) is 4.05. The minimum absolute atomic E-state index is 0.362. The van der Waals surface area contributed by atoms with Crippen LogP contribution in [-0.4, -0.2) is 11.7 Å². The van der Waals surface area contributed by atoms with Gasteiger partial charge in [0.2, 0.25) is 0 Å². The zero-order valence-electron chi connectivity index (χ0n) is 7.68. The van der Waals surface area contributed by atoms with Crippen LogP contribution in [-0.2, 0) is 0 Å². The van der Waals surface area contributed by atoms with Crippen LogP contribution in [0.1, 0.15) is 38.5 Å². The van der Waals surface area contributed by atoms with Crippen molar-refractivity contribution in [2.24, 2.45) is 16.3 Å². The first-order chi connectivity index (χ1) is 6.23. The highest BCUT2D eigenvalue weighted by Crippen LogP contribution is 2.53. The minimum Gasteiger partial charge on any atom is -0.350 e. The molecule has 2 amide bonds. The molecule has 72 valence electrons. The van der Waals surface area contributed by atoms with Crippen molar-refractivity contribution in [2.75, 3.05) is 0 Å². The summed E-state index contributed by atoms with van der Waals surface area (Å²) in [6.07, 6.45) is 7.50. The molecule has 0 saturated heterocycles. The van der Waals surface area contributed by atoms with Gasteiger partial charge >= 0.3 is 6.03 Å². The molecule has 0 radical (unpaired) electrons. The van der Waals surface area contributed by atoms with Crippen LogP contribution < -0.4 is 11.2 Å². The SMILES string of the molecule is NC(=O)N/N=C1/CC12CCCCC2. The van der Waals surface area contributed by atoms with Crippen LogP contribution >= 0.6 is 0 Å². The maximum atomic E-state index is 10.4. The van der Waals surface area contributed by atoms with Crippen molar-refractivity contribution < 1.29 is 4.79 Å². The fourth-order valence-electron chi connectivity index (χ4n) is 2.25. The van der Waals surface area contributed by atoms with E-state index >= 15 is 0 Å². The Labute approximate surface area is 77.6 Å². The van der Waals surface area contributed by atoms with Crippen LogP contribution in [0.15, 0.2) is 5.10 Å². The van der Waals surface area contributed by atoms with Gasteiger partial charge in [-0.25, -0.2) is 10.2 Å². The molecule has 2 rings (SSSR count). The topological polar surface area (TPSA) is 67.5 Å². The van der Waals surface area contributed by atoms with Gasteiger partial charge in [0.05, 0.1) is 0 Å². The van der Waals surface area contributed by atoms with Crippen molar-refractivity contribution in [3.05, 3.63) is 0 Å². The van der Waals surface area contributed by atoms with E-state index in [0.29, 0.717) is 5.41 Å². The highest BCUT2D eigenvalue weighted by molar-refractivity contribution is 6.05. The fraction of sp³-hybridized carbons (Fsp3) is 0.778. The van der Waals surface area contributed by atoms with E-state index in [9.17, 15) is 4.79 Å². The number of urea groups is 1. The average Bonchev–Trinajstić information content (AvgIpc) is 2.77. The molecule has 2 aliphatic carbocycles. The normalized spacial score (nSPS) is 27.5. The molecule has 4 heteroatoms. The van der Waals surface area contributed by atoms with Gasteiger partial charge in [-0.2, -0.15) is 5.10 Å². The number of nitrogens with one attached hydrogen (secondary N) is 1. The van der Waals surface area contributed by atoms with Crippen LogP contribution in [0.3, 0.4) is 0 Å². The lowest BCUT2D eigenvalue weighted by atomic mass is 9.86. The lowest BCUT2D eigenvalue weighted by Crippen LogP contribution is -2.25. The summed E-state index contributed by atoms with van der Waals surface area (Å²) in [5.41, 5.74) is 8.74. The minimum atomic E-state index is -0.564. The molecule has 0 heterocycles. The standard InChI is InChI=1S/C9H15N3O/c10-8(13)12-11-7-6-9(7)4-2-1-3-5-9/h1-6H2,(H3,10,12,13)/b11-7-. The van der Waals surface area contributed by atoms with Crippen molar-refractivity contribution in [2.45, 2.75) is 38.5 Å². The predicted molar refractivity (Wildman–Crippen MR) is 50.3 cm³/mol. The first-order valence-corrected chi connectivity index (χ1v) is 4.85. The van der Waals surface area contributed by atoms with E-state index in [1.54, 1.807) is 0 Å². The maximum absolute atomic E-state index is 10.4. The summed E-state index contributed by atoms with van der Waals surface area (Å²) in [5, 5.41) is 4.00. The van der Waals surface area contributed by atoms with Crippen molar-refractivity contribution in [1.82, 2.24) is 5.43 Å². The first kappa shape index (κ1) is 8.53. The summed E-state index contributed by atoms with van der Waals surface area (Å²) >= 11 is 0. The molecule has 3 N–H and O–H groups in total. The molecule has 0 unspecified atom stereocenters. The lowest BCUT2D eigenvalue weighted by molar-refractivity contribution is 0.249. The van der Waals surface area contributed by atoms with Gasteiger partial charge in [-0.3, -0.25) is 0 Å². The molecule has 2 aliphatic rings. The molecule has 4 nitrogen and oxygen atoms in total. The number of primary amides is 1. The average molecular weight is 181 g/mol. The Morgan fingerprint density at radius 3 is 2.69 bits per heavy atom. The molecule has 13 heavy (non-hydrogen) atoms. The summed E-state index contributed by atoms with van der Waals surface area (Å²) in [5.74, 6) is 0. The van der Waals surface area contributed by atoms with E-state index in [0.717, 1.165) is 12.1 Å². The van der Waals surface area contributed by atoms with Gasteiger partial charge < -0.3 is 5.73 Å².